The number of amides is 1. The first-order valence-corrected chi connectivity index (χ1v) is 11.4. The van der Waals surface area contributed by atoms with Gasteiger partial charge in [0.05, 0.1) is 0 Å². The number of carbonyl (C=O) groups is 1. The van der Waals surface area contributed by atoms with Crippen molar-refractivity contribution in [2.24, 2.45) is 5.92 Å². The molecular formula is C24H25F3N4O3. The van der Waals surface area contributed by atoms with Gasteiger partial charge in [-0.3, -0.25) is 4.79 Å². The molecule has 0 saturated carbocycles. The number of aromatic nitrogens is 3. The molecule has 5 rings (SSSR count). The lowest BCUT2D eigenvalue weighted by molar-refractivity contribution is -0.274. The highest BCUT2D eigenvalue weighted by atomic mass is 19.4. The Morgan fingerprint density at radius 2 is 1.91 bits per heavy atom. The maximum absolute atomic E-state index is 12.8. The Labute approximate surface area is 194 Å². The number of fused-ring (bicyclic) bond motifs is 1. The summed E-state index contributed by atoms with van der Waals surface area (Å²) < 4.78 is 46.4. The van der Waals surface area contributed by atoms with Crippen LogP contribution in [0.25, 0.3) is 11.2 Å². The molecule has 2 fully saturated rings. The van der Waals surface area contributed by atoms with E-state index in [4.69, 9.17) is 9.72 Å². The van der Waals surface area contributed by atoms with E-state index < -0.39 is 6.36 Å². The lowest BCUT2D eigenvalue weighted by Crippen LogP contribution is -2.38. The van der Waals surface area contributed by atoms with Crippen LogP contribution in [-0.4, -0.2) is 58.4 Å². The van der Waals surface area contributed by atoms with Gasteiger partial charge in [-0.05, 0) is 67.0 Å². The Morgan fingerprint density at radius 3 is 2.59 bits per heavy atom. The summed E-state index contributed by atoms with van der Waals surface area (Å²) in [5, 5.41) is 0. The van der Waals surface area contributed by atoms with Crippen LogP contribution in [0.5, 0.6) is 5.75 Å². The summed E-state index contributed by atoms with van der Waals surface area (Å²) in [6.07, 6.45) is 0.473. The van der Waals surface area contributed by atoms with Crippen LogP contribution >= 0.6 is 0 Å². The highest BCUT2D eigenvalue weighted by Gasteiger charge is 2.31. The molecule has 7 nitrogen and oxygen atoms in total. The summed E-state index contributed by atoms with van der Waals surface area (Å²) in [4.78, 5) is 27.2. The van der Waals surface area contributed by atoms with Crippen LogP contribution in [0.1, 0.15) is 46.9 Å². The zero-order chi connectivity index (χ0) is 23.7. The van der Waals surface area contributed by atoms with Gasteiger partial charge in [0.15, 0.2) is 5.65 Å². The summed E-state index contributed by atoms with van der Waals surface area (Å²) in [7, 11) is 0. The van der Waals surface area contributed by atoms with Gasteiger partial charge in [0.25, 0.3) is 5.91 Å². The quantitative estimate of drug-likeness (QED) is 0.591. The first-order valence-electron chi connectivity index (χ1n) is 11.4. The Hall–Kier alpha value is -3.14. The second-order valence-electron chi connectivity index (χ2n) is 8.85. The number of nitrogens with one attached hydrogen (secondary N) is 1. The monoisotopic (exact) mass is 474 g/mol. The van der Waals surface area contributed by atoms with Crippen molar-refractivity contribution in [2.75, 3.05) is 26.3 Å². The van der Waals surface area contributed by atoms with Crippen molar-refractivity contribution in [1.29, 1.82) is 0 Å². The van der Waals surface area contributed by atoms with E-state index in [9.17, 15) is 18.0 Å². The Kier molecular flexibility index (Phi) is 6.16. The van der Waals surface area contributed by atoms with Gasteiger partial charge in [-0.2, -0.15) is 0 Å². The van der Waals surface area contributed by atoms with E-state index in [2.05, 4.69) is 14.7 Å². The third kappa shape index (κ3) is 5.01. The van der Waals surface area contributed by atoms with Gasteiger partial charge in [-0.15, -0.1) is 13.2 Å². The van der Waals surface area contributed by atoms with Crippen LogP contribution in [0, 0.1) is 5.92 Å². The average molecular weight is 474 g/mol. The molecule has 2 aromatic heterocycles. The molecule has 1 atom stereocenters. The lowest BCUT2D eigenvalue weighted by atomic mass is 9.89. The van der Waals surface area contributed by atoms with E-state index >= 15 is 0 Å². The molecule has 2 aliphatic heterocycles. The standard InChI is InChI=1S/C24H25F3N4O3/c25-24(26,27)34-18-3-1-17(2-4-18)23(32)31-10-6-16(7-11-31)19-5-9-28-22-21(19)29-20(30-22)13-15-8-12-33-14-15/h1-5,9,15-16H,6-8,10-14H2,(H,28,29,30)/t15-/m0/s1. The average Bonchev–Trinajstić information content (AvgIpc) is 3.47. The van der Waals surface area contributed by atoms with E-state index in [1.54, 1.807) is 11.1 Å². The van der Waals surface area contributed by atoms with Gasteiger partial charge in [0, 0.05) is 44.5 Å². The topological polar surface area (TPSA) is 80.3 Å². The number of hydrogen-bond acceptors (Lipinski definition) is 5. The minimum absolute atomic E-state index is 0.197. The number of aromatic amines is 1. The van der Waals surface area contributed by atoms with Crippen LogP contribution in [-0.2, 0) is 11.2 Å². The predicted octanol–water partition coefficient (Wildman–Crippen LogP) is 4.46. The van der Waals surface area contributed by atoms with Crippen molar-refractivity contribution in [3.63, 3.8) is 0 Å². The number of carbonyl (C=O) groups excluding carboxylic acids is 1. The number of nitrogens with zero attached hydrogens (tertiary/aromatic N) is 3. The Morgan fingerprint density at radius 1 is 1.15 bits per heavy atom. The van der Waals surface area contributed by atoms with E-state index in [0.717, 1.165) is 73.6 Å². The maximum atomic E-state index is 12.8. The second kappa shape index (κ2) is 9.25. The van der Waals surface area contributed by atoms with Gasteiger partial charge in [-0.1, -0.05) is 0 Å². The number of hydrogen-bond donors (Lipinski definition) is 1. The molecular weight excluding hydrogens is 449 g/mol. The van der Waals surface area contributed by atoms with Crippen LogP contribution in [0.4, 0.5) is 13.2 Å². The van der Waals surface area contributed by atoms with Crippen molar-refractivity contribution in [1.82, 2.24) is 19.9 Å². The van der Waals surface area contributed by atoms with Crippen molar-refractivity contribution in [2.45, 2.75) is 38.0 Å². The van der Waals surface area contributed by atoms with Gasteiger partial charge < -0.3 is 19.4 Å². The van der Waals surface area contributed by atoms with Gasteiger partial charge >= 0.3 is 6.36 Å². The first kappa shape index (κ1) is 22.6. The van der Waals surface area contributed by atoms with Gasteiger partial charge in [0.2, 0.25) is 0 Å². The molecule has 2 saturated heterocycles. The Balaban J connectivity index is 1.23. The van der Waals surface area contributed by atoms with E-state index in [1.165, 1.54) is 12.1 Å². The third-order valence-corrected chi connectivity index (χ3v) is 6.53. The number of halogens is 3. The van der Waals surface area contributed by atoms with Crippen LogP contribution in [0.2, 0.25) is 0 Å². The molecule has 0 aliphatic carbocycles. The molecule has 1 N–H and O–H groups in total. The molecule has 1 amide bonds. The third-order valence-electron chi connectivity index (χ3n) is 6.53. The number of pyridine rings is 1. The van der Waals surface area contributed by atoms with Crippen LogP contribution in [0.15, 0.2) is 36.5 Å². The SMILES string of the molecule is O=C(c1ccc(OC(F)(F)F)cc1)N1CCC(c2ccnc3[nH]c(C[C@@H]4CCOC4)nc23)CC1. The van der Waals surface area contributed by atoms with Gasteiger partial charge in [-0.25, -0.2) is 9.97 Å². The minimum Gasteiger partial charge on any atom is -0.406 e. The van der Waals surface area contributed by atoms with E-state index in [-0.39, 0.29) is 17.6 Å². The largest absolute Gasteiger partial charge is 0.573 e. The zero-order valence-corrected chi connectivity index (χ0v) is 18.5. The molecule has 34 heavy (non-hydrogen) atoms. The molecule has 0 spiro atoms. The maximum Gasteiger partial charge on any atom is 0.573 e. The molecule has 3 aromatic rings. The summed E-state index contributed by atoms with van der Waals surface area (Å²) in [5.41, 5.74) is 3.15. The predicted molar refractivity (Wildman–Crippen MR) is 118 cm³/mol. The minimum atomic E-state index is -4.76. The molecule has 4 heterocycles. The van der Waals surface area contributed by atoms with Crippen molar-refractivity contribution >= 4 is 17.1 Å². The second-order valence-corrected chi connectivity index (χ2v) is 8.85. The number of alkyl halides is 3. The number of rotatable bonds is 5. The number of likely N-dealkylation sites (tertiary alicyclic amines) is 1. The van der Waals surface area contributed by atoms with Crippen molar-refractivity contribution in [3.05, 3.63) is 53.5 Å². The summed E-state index contributed by atoms with van der Waals surface area (Å²) in [6, 6.07) is 7.06. The number of H-pyrrole nitrogens is 1. The zero-order valence-electron chi connectivity index (χ0n) is 18.5. The molecule has 0 bridgehead atoms. The molecule has 10 heteroatoms. The summed E-state index contributed by atoms with van der Waals surface area (Å²) >= 11 is 0. The smallest absolute Gasteiger partial charge is 0.406 e. The highest BCUT2D eigenvalue weighted by molar-refractivity contribution is 5.94. The fraction of sp³-hybridized carbons (Fsp3) is 0.458. The molecule has 180 valence electrons. The van der Waals surface area contributed by atoms with E-state index in [0.29, 0.717) is 24.6 Å². The number of piperidine rings is 1. The summed E-state index contributed by atoms with van der Waals surface area (Å²) in [6.45, 7) is 2.69. The van der Waals surface area contributed by atoms with Crippen molar-refractivity contribution < 1.29 is 27.4 Å². The lowest BCUT2D eigenvalue weighted by Gasteiger charge is -2.32. The highest BCUT2D eigenvalue weighted by Crippen LogP contribution is 2.33. The van der Waals surface area contributed by atoms with Gasteiger partial charge in [0.1, 0.15) is 17.1 Å². The fourth-order valence-electron chi connectivity index (χ4n) is 4.80. The molecule has 2 aliphatic rings. The Bertz CT molecular complexity index is 1150. The number of imidazole rings is 1. The molecule has 0 radical (unpaired) electrons. The van der Waals surface area contributed by atoms with Crippen LogP contribution < -0.4 is 4.74 Å². The first-order chi connectivity index (χ1) is 16.4. The molecule has 1 aromatic carbocycles. The normalized spacial score (nSPS) is 19.6. The number of ether oxygens (including phenoxy) is 2. The van der Waals surface area contributed by atoms with Crippen LogP contribution in [0.3, 0.4) is 0 Å². The van der Waals surface area contributed by atoms with Crippen molar-refractivity contribution in [3.8, 4) is 5.75 Å². The molecule has 0 unspecified atom stereocenters. The van der Waals surface area contributed by atoms with E-state index in [1.807, 2.05) is 6.07 Å². The summed E-state index contributed by atoms with van der Waals surface area (Å²) in [5.74, 6) is 1.12. The fourth-order valence-corrected chi connectivity index (χ4v) is 4.80. The number of benzene rings is 1.